The number of hydrogen-bond acceptors (Lipinski definition) is 3. The highest BCUT2D eigenvalue weighted by Crippen LogP contribution is 2.10. The molecular formula is C12H16N3O3+. The molecule has 0 saturated carbocycles. The van der Waals surface area contributed by atoms with Crippen molar-refractivity contribution in [3.63, 3.8) is 0 Å². The largest absolute Gasteiger partial charge is 0.437 e. The van der Waals surface area contributed by atoms with Crippen LogP contribution < -0.4 is 0 Å². The van der Waals surface area contributed by atoms with E-state index in [9.17, 15) is 14.4 Å². The van der Waals surface area contributed by atoms with E-state index in [1.807, 2.05) is 0 Å². The zero-order valence-corrected chi connectivity index (χ0v) is 10.2. The first-order valence-electron chi connectivity index (χ1n) is 6.20. The molecule has 2 aliphatic heterocycles. The van der Waals surface area contributed by atoms with Gasteiger partial charge in [-0.3, -0.25) is 9.59 Å². The van der Waals surface area contributed by atoms with Crippen LogP contribution in [0.4, 0.5) is 0 Å². The van der Waals surface area contributed by atoms with Gasteiger partial charge in [0.05, 0.1) is 6.08 Å². The van der Waals surface area contributed by atoms with Crippen LogP contribution in [0.1, 0.15) is 25.7 Å². The van der Waals surface area contributed by atoms with Crippen LogP contribution in [0, 0.1) is 0 Å². The Kier molecular flexibility index (Phi) is 3.96. The highest BCUT2D eigenvalue weighted by atomic mass is 16.2. The maximum absolute atomic E-state index is 12.0. The maximum Gasteiger partial charge on any atom is 0.437 e. The molecule has 2 rings (SSSR count). The fraction of sp³-hybridized carbons (Fsp3) is 0.583. The third-order valence-electron chi connectivity index (χ3n) is 3.09. The van der Waals surface area contributed by atoms with E-state index >= 15 is 0 Å². The van der Waals surface area contributed by atoms with E-state index < -0.39 is 11.8 Å². The molecular weight excluding hydrogens is 234 g/mol. The molecule has 0 aromatic carbocycles. The van der Waals surface area contributed by atoms with Crippen molar-refractivity contribution in [3.8, 4) is 0 Å². The maximum atomic E-state index is 12.0. The number of hydrogen-bond donors (Lipinski definition) is 0. The Balaban J connectivity index is 1.98. The first kappa shape index (κ1) is 12.6. The van der Waals surface area contributed by atoms with Crippen LogP contribution in [0.2, 0.25) is 0 Å². The van der Waals surface area contributed by atoms with Crippen molar-refractivity contribution in [2.24, 2.45) is 5.11 Å². The molecule has 1 fully saturated rings. The summed E-state index contributed by atoms with van der Waals surface area (Å²) in [5.74, 6) is -1.06. The molecule has 0 spiro atoms. The molecule has 0 unspecified atom stereocenters. The molecule has 0 bridgehead atoms. The number of carbonyl (C=O) groups is 3. The van der Waals surface area contributed by atoms with E-state index in [0.717, 1.165) is 55.6 Å². The zero-order chi connectivity index (χ0) is 13.0. The molecule has 2 heterocycles. The van der Waals surface area contributed by atoms with Crippen molar-refractivity contribution in [3.05, 3.63) is 12.2 Å². The van der Waals surface area contributed by atoms with Gasteiger partial charge in [0.15, 0.2) is 0 Å². The van der Waals surface area contributed by atoms with Crippen LogP contribution in [0.5, 0.6) is 0 Å². The minimum atomic E-state index is -0.502. The van der Waals surface area contributed by atoms with Gasteiger partial charge in [-0.05, 0) is 17.5 Å². The highest BCUT2D eigenvalue weighted by Gasteiger charge is 2.28. The van der Waals surface area contributed by atoms with Crippen molar-refractivity contribution in [2.75, 3.05) is 19.6 Å². The van der Waals surface area contributed by atoms with Crippen LogP contribution in [0.3, 0.4) is 0 Å². The lowest BCUT2D eigenvalue weighted by molar-refractivity contribution is -0.496. The van der Waals surface area contributed by atoms with Crippen molar-refractivity contribution in [1.29, 1.82) is 0 Å². The lowest BCUT2D eigenvalue weighted by atomic mass is 10.2. The van der Waals surface area contributed by atoms with E-state index in [1.54, 1.807) is 4.90 Å². The third-order valence-corrected chi connectivity index (χ3v) is 3.09. The Morgan fingerprint density at radius 3 is 2.50 bits per heavy atom. The van der Waals surface area contributed by atoms with Gasteiger partial charge in [0.2, 0.25) is 0 Å². The summed E-state index contributed by atoms with van der Waals surface area (Å²) in [6.45, 7) is 1.31. The van der Waals surface area contributed by atoms with Crippen LogP contribution in [-0.2, 0) is 14.4 Å². The smallest absolute Gasteiger partial charge is 0.337 e. The lowest BCUT2D eigenvalue weighted by Gasteiger charge is -2.18. The van der Waals surface area contributed by atoms with E-state index in [4.69, 9.17) is 0 Å². The van der Waals surface area contributed by atoms with Gasteiger partial charge in [-0.15, -0.1) is 0 Å². The van der Waals surface area contributed by atoms with Gasteiger partial charge < -0.3 is 4.90 Å². The average molecular weight is 250 g/mol. The number of nitrogens with zero attached hydrogens (tertiary/aromatic N) is 3. The minimum Gasteiger partial charge on any atom is -0.337 e. The molecule has 0 aliphatic carbocycles. The second-order valence-electron chi connectivity index (χ2n) is 4.46. The second-order valence-corrected chi connectivity index (χ2v) is 4.46. The predicted molar refractivity (Wildman–Crippen MR) is 61.8 cm³/mol. The number of amides is 3. The van der Waals surface area contributed by atoms with Crippen molar-refractivity contribution < 1.29 is 19.1 Å². The summed E-state index contributed by atoms with van der Waals surface area (Å²) in [7, 11) is 0. The van der Waals surface area contributed by atoms with Crippen molar-refractivity contribution >= 4 is 17.7 Å². The summed E-state index contributed by atoms with van der Waals surface area (Å²) in [6.07, 6.45) is 6.52. The molecule has 18 heavy (non-hydrogen) atoms. The number of carbonyl (C=O) groups excluding carboxylic acids is 3. The Morgan fingerprint density at radius 2 is 1.83 bits per heavy atom. The topological polar surface area (TPSA) is 69.8 Å². The molecule has 1 saturated heterocycles. The van der Waals surface area contributed by atoms with Crippen molar-refractivity contribution in [1.82, 2.24) is 4.90 Å². The molecule has 2 aliphatic rings. The Labute approximate surface area is 105 Å². The van der Waals surface area contributed by atoms with Crippen LogP contribution in [0.15, 0.2) is 17.3 Å². The monoisotopic (exact) mass is 250 g/mol. The van der Waals surface area contributed by atoms with Crippen LogP contribution >= 0.6 is 0 Å². The standard InChI is InChI=1S/C12H16N3O3/c16-10-5-6-11(17)15(13-10)9-12(18)14-7-3-1-2-4-8-14/h5-6H,1-4,7-9H2/q+1. The zero-order valence-electron chi connectivity index (χ0n) is 10.2. The summed E-state index contributed by atoms with van der Waals surface area (Å²) < 4.78 is 0.940. The normalized spacial score (nSPS) is 20.7. The second kappa shape index (κ2) is 5.66. The third kappa shape index (κ3) is 3.09. The molecule has 0 radical (unpaired) electrons. The molecule has 3 amide bonds. The summed E-state index contributed by atoms with van der Waals surface area (Å²) >= 11 is 0. The van der Waals surface area contributed by atoms with Gasteiger partial charge in [-0.2, -0.15) is 0 Å². The Bertz CT molecular complexity index is 432. The quantitative estimate of drug-likeness (QED) is 0.669. The lowest BCUT2D eigenvalue weighted by Crippen LogP contribution is -2.39. The SMILES string of the molecule is O=C1C=CC(=O)[N+](CC(=O)N2CCCCCC2)=N1. The average Bonchev–Trinajstić information content (AvgIpc) is 2.62. The number of rotatable bonds is 2. The summed E-state index contributed by atoms with van der Waals surface area (Å²) in [5.41, 5.74) is 0. The van der Waals surface area contributed by atoms with Gasteiger partial charge >= 0.3 is 11.8 Å². The van der Waals surface area contributed by atoms with E-state index in [1.165, 1.54) is 0 Å². The summed E-state index contributed by atoms with van der Waals surface area (Å²) in [6, 6.07) is 0. The molecule has 96 valence electrons. The highest BCUT2D eigenvalue weighted by molar-refractivity contribution is 5.96. The molecule has 6 nitrogen and oxygen atoms in total. The first-order valence-corrected chi connectivity index (χ1v) is 6.20. The fourth-order valence-corrected chi connectivity index (χ4v) is 2.09. The molecule has 0 aromatic heterocycles. The predicted octanol–water partition coefficient (Wildman–Crippen LogP) is 0.477. The number of likely N-dealkylation sites (tertiary alicyclic amines) is 1. The Hall–Kier alpha value is -1.85. The van der Waals surface area contributed by atoms with E-state index in [0.29, 0.717) is 0 Å². The Morgan fingerprint density at radius 1 is 1.17 bits per heavy atom. The van der Waals surface area contributed by atoms with Gasteiger partial charge in [0.25, 0.3) is 12.5 Å². The van der Waals surface area contributed by atoms with Gasteiger partial charge in [-0.1, -0.05) is 12.8 Å². The van der Waals surface area contributed by atoms with Gasteiger partial charge in [-0.25, -0.2) is 4.79 Å². The molecule has 6 heteroatoms. The summed E-state index contributed by atoms with van der Waals surface area (Å²) in [4.78, 5) is 36.3. The minimum absolute atomic E-state index is 0.142. The molecule has 0 atom stereocenters. The van der Waals surface area contributed by atoms with Crippen molar-refractivity contribution in [2.45, 2.75) is 25.7 Å². The molecule has 0 N–H and O–H groups in total. The summed E-state index contributed by atoms with van der Waals surface area (Å²) in [5, 5.41) is 3.53. The number of azo groups is 2. The fourth-order valence-electron chi connectivity index (χ4n) is 2.09. The van der Waals surface area contributed by atoms with Crippen LogP contribution in [-0.4, -0.2) is 47.0 Å². The van der Waals surface area contributed by atoms with Gasteiger partial charge in [0.1, 0.15) is 0 Å². The van der Waals surface area contributed by atoms with Crippen LogP contribution in [0.25, 0.3) is 0 Å². The molecule has 0 aromatic rings. The van der Waals surface area contributed by atoms with E-state index in [-0.39, 0.29) is 12.5 Å². The first-order chi connectivity index (χ1) is 8.66. The van der Waals surface area contributed by atoms with Gasteiger partial charge in [0, 0.05) is 24.3 Å². The van der Waals surface area contributed by atoms with E-state index in [2.05, 4.69) is 5.11 Å².